The highest BCUT2D eigenvalue weighted by atomic mass is 16.1. The molecule has 0 aliphatic heterocycles. The normalized spacial score (nSPS) is 12.6. The second-order valence-corrected chi connectivity index (χ2v) is 5.02. The lowest BCUT2D eigenvalue weighted by atomic mass is 9.97. The van der Waals surface area contributed by atoms with Gasteiger partial charge in [0.25, 0.3) is 5.56 Å². The largest absolute Gasteiger partial charge is 0.306 e. The number of hydrogen-bond donors (Lipinski definition) is 0. The zero-order valence-electron chi connectivity index (χ0n) is 11.6. The molecule has 3 heteroatoms. The summed E-state index contributed by atoms with van der Waals surface area (Å²) in [4.78, 5) is 12.6. The Bertz CT molecular complexity index is 692. The maximum atomic E-state index is 12.6. The Morgan fingerprint density at radius 3 is 2.58 bits per heavy atom. The van der Waals surface area contributed by atoms with Gasteiger partial charge in [-0.25, -0.2) is 0 Å². The van der Waals surface area contributed by atoms with Crippen LogP contribution in [-0.2, 0) is 0 Å². The van der Waals surface area contributed by atoms with Gasteiger partial charge in [0.05, 0.1) is 17.5 Å². The smallest absolute Gasteiger partial charge is 0.255 e. The minimum Gasteiger partial charge on any atom is -0.306 e. The van der Waals surface area contributed by atoms with E-state index in [1.54, 1.807) is 4.57 Å². The van der Waals surface area contributed by atoms with Crippen molar-refractivity contribution in [3.63, 3.8) is 0 Å². The number of hydrogen-bond acceptors (Lipinski definition) is 2. The molecule has 19 heavy (non-hydrogen) atoms. The van der Waals surface area contributed by atoms with Gasteiger partial charge < -0.3 is 4.57 Å². The lowest BCUT2D eigenvalue weighted by Crippen LogP contribution is -2.26. The first-order chi connectivity index (χ1) is 9.10. The van der Waals surface area contributed by atoms with Crippen LogP contribution in [0.1, 0.15) is 44.7 Å². The summed E-state index contributed by atoms with van der Waals surface area (Å²) < 4.78 is 1.78. The summed E-state index contributed by atoms with van der Waals surface area (Å²) in [5, 5.41) is 10.2. The van der Waals surface area contributed by atoms with Gasteiger partial charge in [-0.15, -0.1) is 0 Å². The van der Waals surface area contributed by atoms with Gasteiger partial charge in [0.1, 0.15) is 0 Å². The molecule has 3 nitrogen and oxygen atoms in total. The van der Waals surface area contributed by atoms with Crippen LogP contribution in [-0.4, -0.2) is 4.57 Å². The van der Waals surface area contributed by atoms with E-state index in [0.717, 1.165) is 10.9 Å². The van der Waals surface area contributed by atoms with E-state index in [4.69, 9.17) is 0 Å². The van der Waals surface area contributed by atoms with Crippen molar-refractivity contribution in [2.24, 2.45) is 0 Å². The maximum Gasteiger partial charge on any atom is 0.255 e. The van der Waals surface area contributed by atoms with Crippen LogP contribution in [0.4, 0.5) is 0 Å². The van der Waals surface area contributed by atoms with Gasteiger partial charge >= 0.3 is 0 Å². The van der Waals surface area contributed by atoms with Crippen LogP contribution < -0.4 is 5.56 Å². The van der Waals surface area contributed by atoms with Gasteiger partial charge in [0.15, 0.2) is 0 Å². The predicted octanol–water partition coefficient (Wildman–Crippen LogP) is 3.60. The first kappa shape index (κ1) is 13.4. The van der Waals surface area contributed by atoms with Crippen LogP contribution in [0.3, 0.4) is 0 Å². The molecule has 0 saturated carbocycles. The highest BCUT2D eigenvalue weighted by Crippen LogP contribution is 2.22. The van der Waals surface area contributed by atoms with E-state index in [9.17, 15) is 10.1 Å². The number of fused-ring (bicyclic) bond motifs is 1. The minimum atomic E-state index is -0.331. The molecule has 0 aliphatic rings. The molecule has 0 bridgehead atoms. The highest BCUT2D eigenvalue weighted by Gasteiger charge is 2.17. The van der Waals surface area contributed by atoms with Crippen molar-refractivity contribution in [3.05, 3.63) is 46.2 Å². The molecular formula is C16H18N2O. The second kappa shape index (κ2) is 5.27. The average Bonchev–Trinajstić information content (AvgIpc) is 2.40. The third kappa shape index (κ3) is 2.26. The van der Waals surface area contributed by atoms with Crippen LogP contribution in [0.5, 0.6) is 0 Å². The lowest BCUT2D eigenvalue weighted by molar-refractivity contribution is 0.591. The van der Waals surface area contributed by atoms with Crippen molar-refractivity contribution in [1.82, 2.24) is 4.57 Å². The summed E-state index contributed by atoms with van der Waals surface area (Å²) in [5.74, 6) is -0.331. The van der Waals surface area contributed by atoms with Crippen molar-refractivity contribution in [2.75, 3.05) is 0 Å². The number of nitriles is 1. The van der Waals surface area contributed by atoms with E-state index in [2.05, 4.69) is 6.07 Å². The summed E-state index contributed by atoms with van der Waals surface area (Å²) in [6.45, 7) is 5.91. The van der Waals surface area contributed by atoms with E-state index in [1.165, 1.54) is 0 Å². The van der Waals surface area contributed by atoms with Crippen molar-refractivity contribution in [2.45, 2.75) is 39.2 Å². The SMILES string of the molecule is CCC(C#N)c1cc2ccccc2n(C(C)C)c1=O. The van der Waals surface area contributed by atoms with Gasteiger partial charge in [0, 0.05) is 11.6 Å². The molecule has 2 rings (SSSR count). The summed E-state index contributed by atoms with van der Waals surface area (Å²) in [6.07, 6.45) is 0.655. The third-order valence-electron chi connectivity index (χ3n) is 3.43. The topological polar surface area (TPSA) is 45.8 Å². The molecule has 0 spiro atoms. The fraction of sp³-hybridized carbons (Fsp3) is 0.375. The molecule has 0 aliphatic carbocycles. The highest BCUT2D eigenvalue weighted by molar-refractivity contribution is 5.80. The van der Waals surface area contributed by atoms with Gasteiger partial charge in [-0.2, -0.15) is 5.26 Å². The quantitative estimate of drug-likeness (QED) is 0.840. The van der Waals surface area contributed by atoms with E-state index in [0.29, 0.717) is 12.0 Å². The Hall–Kier alpha value is -2.08. The zero-order chi connectivity index (χ0) is 14.0. The molecule has 1 unspecified atom stereocenters. The molecule has 2 aromatic rings. The average molecular weight is 254 g/mol. The van der Waals surface area contributed by atoms with Gasteiger partial charge in [0.2, 0.25) is 0 Å². The van der Waals surface area contributed by atoms with Crippen molar-refractivity contribution < 1.29 is 0 Å². The van der Waals surface area contributed by atoms with E-state index < -0.39 is 0 Å². The van der Waals surface area contributed by atoms with Crippen LogP contribution in [0.25, 0.3) is 10.9 Å². The molecule has 1 heterocycles. The van der Waals surface area contributed by atoms with Crippen LogP contribution in [0.15, 0.2) is 35.1 Å². The molecule has 0 saturated heterocycles. The van der Waals surface area contributed by atoms with Crippen molar-refractivity contribution >= 4 is 10.9 Å². The predicted molar refractivity (Wildman–Crippen MR) is 77.2 cm³/mol. The third-order valence-corrected chi connectivity index (χ3v) is 3.43. The maximum absolute atomic E-state index is 12.6. The molecule has 1 aromatic heterocycles. The van der Waals surface area contributed by atoms with Crippen molar-refractivity contribution in [3.8, 4) is 6.07 Å². The van der Waals surface area contributed by atoms with E-state index in [-0.39, 0.29) is 17.5 Å². The molecular weight excluding hydrogens is 236 g/mol. The molecule has 0 N–H and O–H groups in total. The van der Waals surface area contributed by atoms with Gasteiger partial charge in [-0.1, -0.05) is 25.1 Å². The molecule has 98 valence electrons. The minimum absolute atomic E-state index is 0.0397. The molecule has 1 atom stereocenters. The van der Waals surface area contributed by atoms with E-state index >= 15 is 0 Å². The Morgan fingerprint density at radius 1 is 1.32 bits per heavy atom. The Balaban J connectivity index is 2.86. The Morgan fingerprint density at radius 2 is 2.00 bits per heavy atom. The number of benzene rings is 1. The lowest BCUT2D eigenvalue weighted by Gasteiger charge is -2.17. The summed E-state index contributed by atoms with van der Waals surface area (Å²) >= 11 is 0. The number of rotatable bonds is 3. The summed E-state index contributed by atoms with van der Waals surface area (Å²) in [7, 11) is 0. The van der Waals surface area contributed by atoms with Gasteiger partial charge in [-0.3, -0.25) is 4.79 Å². The summed E-state index contributed by atoms with van der Waals surface area (Å²) in [5.41, 5.74) is 1.50. The second-order valence-electron chi connectivity index (χ2n) is 5.02. The zero-order valence-corrected chi connectivity index (χ0v) is 11.6. The summed E-state index contributed by atoms with van der Waals surface area (Å²) in [6, 6.07) is 12.0. The first-order valence-corrected chi connectivity index (χ1v) is 6.64. The van der Waals surface area contributed by atoms with Gasteiger partial charge in [-0.05, 0) is 37.8 Å². The molecule has 0 fully saturated rings. The fourth-order valence-electron chi connectivity index (χ4n) is 2.45. The van der Waals surface area contributed by atoms with Crippen LogP contribution >= 0.6 is 0 Å². The molecule has 0 amide bonds. The number of pyridine rings is 1. The molecule has 0 radical (unpaired) electrons. The van der Waals surface area contributed by atoms with Crippen LogP contribution in [0.2, 0.25) is 0 Å². The first-order valence-electron chi connectivity index (χ1n) is 6.64. The number of para-hydroxylation sites is 1. The Labute approximate surface area is 113 Å². The number of nitrogens with zero attached hydrogens (tertiary/aromatic N) is 2. The van der Waals surface area contributed by atoms with Crippen molar-refractivity contribution in [1.29, 1.82) is 5.26 Å². The fourth-order valence-corrected chi connectivity index (χ4v) is 2.45. The van der Waals surface area contributed by atoms with Crippen LogP contribution in [0, 0.1) is 11.3 Å². The number of aromatic nitrogens is 1. The van der Waals surface area contributed by atoms with E-state index in [1.807, 2.05) is 51.1 Å². The Kier molecular flexibility index (Phi) is 3.71. The molecule has 1 aromatic carbocycles. The standard InChI is InChI=1S/C16H18N2O/c1-4-12(10-17)14-9-13-7-5-6-8-15(13)18(11(2)3)16(14)19/h5-9,11-12H,4H2,1-3H3. The monoisotopic (exact) mass is 254 g/mol.